The van der Waals surface area contributed by atoms with Gasteiger partial charge in [-0.25, -0.2) is 18.3 Å². The number of primary sulfonamides is 1. The number of nitrogens with one attached hydrogen (secondary N) is 2. The molecule has 0 aromatic heterocycles. The number of fused-ring (bicyclic) bond motifs is 1. The minimum absolute atomic E-state index is 0.150. The van der Waals surface area contributed by atoms with E-state index >= 15 is 0 Å². The number of anilines is 1. The van der Waals surface area contributed by atoms with Gasteiger partial charge in [-0.05, 0) is 30.1 Å². The second-order valence-electron chi connectivity index (χ2n) is 3.54. The van der Waals surface area contributed by atoms with Crippen molar-refractivity contribution >= 4 is 27.7 Å². The summed E-state index contributed by atoms with van der Waals surface area (Å²) in [6.07, 6.45) is -6.32. The van der Waals surface area contributed by atoms with Gasteiger partial charge < -0.3 is 5.32 Å². The van der Waals surface area contributed by atoms with E-state index < -0.39 is 22.4 Å². The lowest BCUT2D eigenvalue weighted by atomic mass is 10.3. The fourth-order valence-corrected chi connectivity index (χ4v) is 2.81. The van der Waals surface area contributed by atoms with Gasteiger partial charge in [0.05, 0.1) is 10.6 Å². The zero-order valence-corrected chi connectivity index (χ0v) is 10.3. The topological polar surface area (TPSA) is 84.2 Å². The molecule has 0 amide bonds. The van der Waals surface area contributed by atoms with Crippen LogP contribution < -0.4 is 15.2 Å². The highest BCUT2D eigenvalue weighted by molar-refractivity contribution is 7.97. The first kappa shape index (κ1) is 13.5. The Morgan fingerprint density at radius 2 is 2.00 bits per heavy atom. The molecule has 1 unspecified atom stereocenters. The number of alkyl halides is 3. The summed E-state index contributed by atoms with van der Waals surface area (Å²) in [5.41, 5.74) is 0.202. The molecule has 1 aliphatic heterocycles. The van der Waals surface area contributed by atoms with Gasteiger partial charge in [-0.2, -0.15) is 13.2 Å². The summed E-state index contributed by atoms with van der Waals surface area (Å²) < 4.78 is 61.7. The maximum Gasteiger partial charge on any atom is 0.422 e. The smallest absolute Gasteiger partial charge is 0.361 e. The second kappa shape index (κ2) is 4.30. The average Bonchev–Trinajstić information content (AvgIpc) is 2.25. The molecule has 0 saturated carbocycles. The lowest BCUT2D eigenvalue weighted by Crippen LogP contribution is -2.47. The molecule has 4 N–H and O–H groups in total. The molecule has 0 bridgehead atoms. The third-order valence-corrected chi connectivity index (χ3v) is 4.02. The number of halogens is 3. The van der Waals surface area contributed by atoms with E-state index in [1.807, 2.05) is 0 Å². The van der Waals surface area contributed by atoms with Crippen molar-refractivity contribution in [2.45, 2.75) is 22.1 Å². The monoisotopic (exact) mass is 299 g/mol. The Bertz CT molecular complexity index is 573. The van der Waals surface area contributed by atoms with Crippen LogP contribution in [0.5, 0.6) is 0 Å². The highest BCUT2D eigenvalue weighted by Gasteiger charge is 2.42. The molecule has 1 atom stereocenters. The third-order valence-electron chi connectivity index (χ3n) is 2.20. The lowest BCUT2D eigenvalue weighted by Gasteiger charge is -2.29. The van der Waals surface area contributed by atoms with Gasteiger partial charge in [0, 0.05) is 4.90 Å². The summed E-state index contributed by atoms with van der Waals surface area (Å²) in [7, 11) is -3.87. The summed E-state index contributed by atoms with van der Waals surface area (Å²) in [6, 6.07) is 3.62. The first-order chi connectivity index (χ1) is 8.18. The predicted octanol–water partition coefficient (Wildman–Crippen LogP) is 1.24. The Kier molecular flexibility index (Phi) is 3.21. The number of hydrogen-bond acceptors (Lipinski definition) is 5. The molecule has 1 aromatic rings. The zero-order chi connectivity index (χ0) is 13.6. The third kappa shape index (κ3) is 2.71. The summed E-state index contributed by atoms with van der Waals surface area (Å²) in [5, 5.41) is 7.15. The highest BCUT2D eigenvalue weighted by Crippen LogP contribution is 2.35. The van der Waals surface area contributed by atoms with E-state index in [4.69, 9.17) is 5.14 Å². The quantitative estimate of drug-likeness (QED) is 0.680. The molecule has 0 fully saturated rings. The Balaban J connectivity index is 2.32. The molecule has 1 heterocycles. The van der Waals surface area contributed by atoms with Crippen LogP contribution in [-0.4, -0.2) is 20.8 Å². The normalized spacial score (nSPS) is 20.1. The molecule has 1 aliphatic rings. The maximum absolute atomic E-state index is 12.4. The van der Waals surface area contributed by atoms with Crippen molar-refractivity contribution in [2.75, 3.05) is 5.32 Å². The van der Waals surface area contributed by atoms with Crippen molar-refractivity contribution in [3.8, 4) is 0 Å². The van der Waals surface area contributed by atoms with Gasteiger partial charge in [-0.1, -0.05) is 0 Å². The number of nitrogens with two attached hydrogens (primary N) is 1. The van der Waals surface area contributed by atoms with Crippen LogP contribution >= 0.6 is 11.9 Å². The molecule has 5 nitrogen and oxygen atoms in total. The van der Waals surface area contributed by atoms with Crippen molar-refractivity contribution < 1.29 is 21.6 Å². The molecule has 0 saturated heterocycles. The van der Waals surface area contributed by atoms with Crippen LogP contribution in [0.2, 0.25) is 0 Å². The van der Waals surface area contributed by atoms with Gasteiger partial charge in [0.1, 0.15) is 0 Å². The first-order valence-corrected chi connectivity index (χ1v) is 6.97. The van der Waals surface area contributed by atoms with Crippen LogP contribution in [0.1, 0.15) is 0 Å². The SMILES string of the molecule is NS(=O)(=O)c1ccc2c(c1)SNC(C(F)(F)F)N2. The van der Waals surface area contributed by atoms with Gasteiger partial charge in [-0.15, -0.1) is 0 Å². The van der Waals surface area contributed by atoms with E-state index in [2.05, 4.69) is 10.0 Å². The second-order valence-corrected chi connectivity index (χ2v) is 5.98. The molecular formula is C8H8F3N3O2S2. The lowest BCUT2D eigenvalue weighted by molar-refractivity contribution is -0.144. The number of hydrogen-bond donors (Lipinski definition) is 3. The summed E-state index contributed by atoms with van der Waals surface area (Å²) in [4.78, 5) is 0.185. The summed E-state index contributed by atoms with van der Waals surface area (Å²) in [5.74, 6) is 0. The van der Waals surface area contributed by atoms with Crippen LogP contribution in [0, 0.1) is 0 Å². The fraction of sp³-hybridized carbons (Fsp3) is 0.250. The molecule has 18 heavy (non-hydrogen) atoms. The number of rotatable bonds is 1. The Hall–Kier alpha value is -0.970. The van der Waals surface area contributed by atoms with Gasteiger partial charge >= 0.3 is 6.18 Å². The van der Waals surface area contributed by atoms with E-state index in [0.717, 1.165) is 6.07 Å². The Morgan fingerprint density at radius 1 is 1.33 bits per heavy atom. The molecule has 10 heteroatoms. The van der Waals surface area contributed by atoms with Gasteiger partial charge in [0.25, 0.3) is 0 Å². The molecule has 0 aliphatic carbocycles. The van der Waals surface area contributed by atoms with E-state index in [1.54, 1.807) is 0 Å². The molecule has 100 valence electrons. The van der Waals surface area contributed by atoms with Crippen molar-refractivity contribution in [2.24, 2.45) is 5.14 Å². The number of benzene rings is 1. The maximum atomic E-state index is 12.4. The molecule has 0 spiro atoms. The van der Waals surface area contributed by atoms with Crippen LogP contribution in [0.15, 0.2) is 28.0 Å². The summed E-state index contributed by atoms with van der Waals surface area (Å²) in [6.45, 7) is 0. The van der Waals surface area contributed by atoms with Gasteiger partial charge in [0.15, 0.2) is 6.17 Å². The molecule has 2 rings (SSSR count). The number of sulfonamides is 1. The summed E-state index contributed by atoms with van der Waals surface area (Å²) >= 11 is 0.701. The molecular weight excluding hydrogens is 291 g/mol. The fourth-order valence-electron chi connectivity index (χ4n) is 1.34. The first-order valence-electron chi connectivity index (χ1n) is 4.60. The van der Waals surface area contributed by atoms with Crippen LogP contribution in [0.4, 0.5) is 18.9 Å². The Labute approximate surface area is 105 Å². The Morgan fingerprint density at radius 3 is 2.56 bits per heavy atom. The largest absolute Gasteiger partial charge is 0.422 e. The predicted molar refractivity (Wildman–Crippen MR) is 60.3 cm³/mol. The molecule has 1 aromatic carbocycles. The minimum atomic E-state index is -4.44. The van der Waals surface area contributed by atoms with Gasteiger partial charge in [0.2, 0.25) is 10.0 Å². The van der Waals surface area contributed by atoms with Crippen LogP contribution in [-0.2, 0) is 10.0 Å². The standard InChI is InChI=1S/C8H8F3N3O2S2/c9-8(10,11)7-13-5-2-1-4(18(12,15)16)3-6(5)17-14-7/h1-3,7,13-14H,(H2,12,15,16). The minimum Gasteiger partial charge on any atom is -0.361 e. The highest BCUT2D eigenvalue weighted by atomic mass is 32.2. The van der Waals surface area contributed by atoms with Crippen molar-refractivity contribution in [3.05, 3.63) is 18.2 Å². The van der Waals surface area contributed by atoms with Crippen LogP contribution in [0.25, 0.3) is 0 Å². The van der Waals surface area contributed by atoms with E-state index in [9.17, 15) is 21.6 Å². The van der Waals surface area contributed by atoms with Crippen molar-refractivity contribution in [1.82, 2.24) is 4.72 Å². The van der Waals surface area contributed by atoms with Crippen LogP contribution in [0.3, 0.4) is 0 Å². The van der Waals surface area contributed by atoms with E-state index in [1.165, 1.54) is 12.1 Å². The van der Waals surface area contributed by atoms with Crippen molar-refractivity contribution in [1.29, 1.82) is 0 Å². The average molecular weight is 299 g/mol. The van der Waals surface area contributed by atoms with E-state index in [0.29, 0.717) is 16.8 Å². The van der Waals surface area contributed by atoms with Gasteiger partial charge in [-0.3, -0.25) is 0 Å². The van der Waals surface area contributed by atoms with Crippen molar-refractivity contribution in [3.63, 3.8) is 0 Å². The zero-order valence-electron chi connectivity index (χ0n) is 8.65. The van der Waals surface area contributed by atoms with E-state index in [-0.39, 0.29) is 10.6 Å². The molecule has 0 radical (unpaired) electrons.